The highest BCUT2D eigenvalue weighted by Crippen LogP contribution is 2.14. The van der Waals surface area contributed by atoms with Gasteiger partial charge in [-0.3, -0.25) is 4.98 Å². The Morgan fingerprint density at radius 1 is 0.600 bits per heavy atom. The standard InChI is InChI=1S/C23H41N.BrH/c1-2-3-4-5-6-7-8-9-10-11-12-13-14-15-16-17-20-23-21-18-19-22-24-23;/h18-19,21-22H,2-17,20H2,1H3;1H. The van der Waals surface area contributed by atoms with Gasteiger partial charge < -0.3 is 0 Å². The molecular weight excluding hydrogens is 370 g/mol. The molecule has 2 heteroatoms. The molecule has 0 amide bonds. The third-order valence-corrected chi connectivity index (χ3v) is 5.01. The molecular formula is C23H42BrN. The Morgan fingerprint density at radius 2 is 1.04 bits per heavy atom. The smallest absolute Gasteiger partial charge is 0.0403 e. The summed E-state index contributed by atoms with van der Waals surface area (Å²) in [7, 11) is 0. The van der Waals surface area contributed by atoms with Gasteiger partial charge in [-0.1, -0.05) is 109 Å². The second kappa shape index (κ2) is 19.9. The normalized spacial score (nSPS) is 10.6. The zero-order valence-electron chi connectivity index (χ0n) is 16.7. The number of halogens is 1. The van der Waals surface area contributed by atoms with Crippen LogP contribution < -0.4 is 0 Å². The Hall–Kier alpha value is -0.370. The van der Waals surface area contributed by atoms with Crippen LogP contribution in [0, 0.1) is 0 Å². The number of aromatic nitrogens is 1. The first kappa shape index (κ1) is 24.6. The summed E-state index contributed by atoms with van der Waals surface area (Å²) in [6.45, 7) is 2.29. The molecule has 1 nitrogen and oxygen atoms in total. The van der Waals surface area contributed by atoms with Crippen molar-refractivity contribution in [3.8, 4) is 0 Å². The lowest BCUT2D eigenvalue weighted by Crippen LogP contribution is -1.89. The van der Waals surface area contributed by atoms with Crippen molar-refractivity contribution < 1.29 is 0 Å². The molecule has 0 aliphatic carbocycles. The molecule has 0 radical (unpaired) electrons. The molecule has 0 bridgehead atoms. The molecule has 0 aliphatic heterocycles. The van der Waals surface area contributed by atoms with Gasteiger partial charge in [0.05, 0.1) is 0 Å². The fraction of sp³-hybridized carbons (Fsp3) is 0.783. The molecule has 1 aromatic rings. The average Bonchev–Trinajstić information content (AvgIpc) is 2.62. The van der Waals surface area contributed by atoms with Crippen LogP contribution >= 0.6 is 17.0 Å². The van der Waals surface area contributed by atoms with E-state index < -0.39 is 0 Å². The predicted molar refractivity (Wildman–Crippen MR) is 118 cm³/mol. The SMILES string of the molecule is Br.CCCCCCCCCCCCCCCCCCc1ccccn1. The van der Waals surface area contributed by atoms with Crippen LogP contribution in [0.5, 0.6) is 0 Å². The van der Waals surface area contributed by atoms with Crippen molar-refractivity contribution in [2.45, 2.75) is 116 Å². The van der Waals surface area contributed by atoms with Crippen LogP contribution in [0.4, 0.5) is 0 Å². The number of rotatable bonds is 17. The average molecular weight is 413 g/mol. The Kier molecular flexibility index (Phi) is 19.7. The number of aryl methyl sites for hydroxylation is 1. The van der Waals surface area contributed by atoms with E-state index in [9.17, 15) is 0 Å². The minimum Gasteiger partial charge on any atom is -0.261 e. The maximum atomic E-state index is 4.39. The largest absolute Gasteiger partial charge is 0.261 e. The van der Waals surface area contributed by atoms with Crippen molar-refractivity contribution in [1.82, 2.24) is 4.98 Å². The van der Waals surface area contributed by atoms with Crippen LogP contribution in [-0.2, 0) is 6.42 Å². The van der Waals surface area contributed by atoms with E-state index in [1.165, 1.54) is 108 Å². The van der Waals surface area contributed by atoms with Crippen molar-refractivity contribution in [1.29, 1.82) is 0 Å². The van der Waals surface area contributed by atoms with Crippen molar-refractivity contribution in [2.24, 2.45) is 0 Å². The van der Waals surface area contributed by atoms with E-state index in [0.29, 0.717) is 0 Å². The molecule has 0 aliphatic rings. The third-order valence-electron chi connectivity index (χ3n) is 5.01. The van der Waals surface area contributed by atoms with Gasteiger partial charge in [-0.2, -0.15) is 0 Å². The summed E-state index contributed by atoms with van der Waals surface area (Å²) in [5.74, 6) is 0. The molecule has 146 valence electrons. The predicted octanol–water partition coefficient (Wildman–Crippen LogP) is 8.46. The maximum Gasteiger partial charge on any atom is 0.0403 e. The lowest BCUT2D eigenvalue weighted by molar-refractivity contribution is 0.529. The second-order valence-corrected chi connectivity index (χ2v) is 7.37. The molecule has 1 rings (SSSR count). The molecule has 0 saturated heterocycles. The number of pyridine rings is 1. The molecule has 0 atom stereocenters. The lowest BCUT2D eigenvalue weighted by Gasteiger charge is -2.03. The van der Waals surface area contributed by atoms with Gasteiger partial charge in [0.1, 0.15) is 0 Å². The van der Waals surface area contributed by atoms with Crippen LogP contribution in [0.2, 0.25) is 0 Å². The molecule has 0 saturated carbocycles. The number of hydrogen-bond acceptors (Lipinski definition) is 1. The van der Waals surface area contributed by atoms with E-state index in [1.54, 1.807) is 0 Å². The molecule has 25 heavy (non-hydrogen) atoms. The molecule has 0 fully saturated rings. The first-order chi connectivity index (χ1) is 11.9. The number of unbranched alkanes of at least 4 members (excludes halogenated alkanes) is 15. The highest BCUT2D eigenvalue weighted by molar-refractivity contribution is 8.93. The van der Waals surface area contributed by atoms with Gasteiger partial charge in [-0.15, -0.1) is 17.0 Å². The van der Waals surface area contributed by atoms with Crippen LogP contribution in [-0.4, -0.2) is 4.98 Å². The zero-order chi connectivity index (χ0) is 17.1. The lowest BCUT2D eigenvalue weighted by atomic mass is 10.0. The highest BCUT2D eigenvalue weighted by atomic mass is 79.9. The fourth-order valence-electron chi connectivity index (χ4n) is 3.40. The van der Waals surface area contributed by atoms with Crippen molar-refractivity contribution >= 4 is 17.0 Å². The Balaban J connectivity index is 0.00000576. The maximum absolute atomic E-state index is 4.39. The third kappa shape index (κ3) is 16.8. The Morgan fingerprint density at radius 3 is 1.44 bits per heavy atom. The fourth-order valence-corrected chi connectivity index (χ4v) is 3.40. The van der Waals surface area contributed by atoms with Crippen LogP contribution in [0.25, 0.3) is 0 Å². The first-order valence-electron chi connectivity index (χ1n) is 10.8. The summed E-state index contributed by atoms with van der Waals surface area (Å²) in [4.78, 5) is 4.39. The summed E-state index contributed by atoms with van der Waals surface area (Å²) in [6.07, 6.45) is 26.0. The quantitative estimate of drug-likeness (QED) is 0.234. The molecule has 0 aromatic carbocycles. The van der Waals surface area contributed by atoms with E-state index in [4.69, 9.17) is 0 Å². The van der Waals surface area contributed by atoms with Crippen molar-refractivity contribution in [2.75, 3.05) is 0 Å². The highest BCUT2D eigenvalue weighted by Gasteiger charge is 1.96. The van der Waals surface area contributed by atoms with Gasteiger partial charge in [0.2, 0.25) is 0 Å². The topological polar surface area (TPSA) is 12.9 Å². The van der Waals surface area contributed by atoms with Gasteiger partial charge >= 0.3 is 0 Å². The minimum absolute atomic E-state index is 0. The Bertz CT molecular complexity index is 352. The molecule has 1 heterocycles. The van der Waals surface area contributed by atoms with Crippen LogP contribution in [0.1, 0.15) is 115 Å². The van der Waals surface area contributed by atoms with Crippen LogP contribution in [0.3, 0.4) is 0 Å². The van der Waals surface area contributed by atoms with E-state index in [2.05, 4.69) is 24.0 Å². The molecule has 0 unspecified atom stereocenters. The zero-order valence-corrected chi connectivity index (χ0v) is 18.4. The van der Waals surface area contributed by atoms with E-state index >= 15 is 0 Å². The Labute approximate surface area is 168 Å². The monoisotopic (exact) mass is 411 g/mol. The summed E-state index contributed by atoms with van der Waals surface area (Å²) < 4.78 is 0. The summed E-state index contributed by atoms with van der Waals surface area (Å²) in [5.41, 5.74) is 1.25. The van der Waals surface area contributed by atoms with E-state index in [-0.39, 0.29) is 17.0 Å². The molecule has 0 N–H and O–H groups in total. The summed E-state index contributed by atoms with van der Waals surface area (Å²) in [5, 5.41) is 0. The van der Waals surface area contributed by atoms with Gasteiger partial charge in [-0.05, 0) is 25.0 Å². The van der Waals surface area contributed by atoms with Crippen molar-refractivity contribution in [3.63, 3.8) is 0 Å². The van der Waals surface area contributed by atoms with Gasteiger partial charge in [0.25, 0.3) is 0 Å². The number of hydrogen-bond donors (Lipinski definition) is 0. The van der Waals surface area contributed by atoms with Gasteiger partial charge in [-0.25, -0.2) is 0 Å². The van der Waals surface area contributed by atoms with E-state index in [1.807, 2.05) is 12.3 Å². The van der Waals surface area contributed by atoms with Crippen molar-refractivity contribution in [3.05, 3.63) is 30.1 Å². The van der Waals surface area contributed by atoms with E-state index in [0.717, 1.165) is 6.42 Å². The van der Waals surface area contributed by atoms with Gasteiger partial charge in [0.15, 0.2) is 0 Å². The second-order valence-electron chi connectivity index (χ2n) is 7.37. The first-order valence-corrected chi connectivity index (χ1v) is 10.8. The van der Waals surface area contributed by atoms with Crippen LogP contribution in [0.15, 0.2) is 24.4 Å². The summed E-state index contributed by atoms with van der Waals surface area (Å²) >= 11 is 0. The molecule has 1 aromatic heterocycles. The minimum atomic E-state index is 0. The number of nitrogens with zero attached hydrogens (tertiary/aromatic N) is 1. The van der Waals surface area contributed by atoms with Gasteiger partial charge in [0, 0.05) is 11.9 Å². The molecule has 0 spiro atoms. The summed E-state index contributed by atoms with van der Waals surface area (Å²) in [6, 6.07) is 6.23.